The lowest BCUT2D eigenvalue weighted by molar-refractivity contribution is 0.883. The zero-order valence-electron chi connectivity index (χ0n) is 5.95. The monoisotopic (exact) mass is 211 g/mol. The van der Waals surface area contributed by atoms with Crippen molar-refractivity contribution in [1.82, 2.24) is 14.6 Å². The Morgan fingerprint density at radius 1 is 1.45 bits per heavy atom. The molecule has 2 aromatic rings. The molecule has 0 aromatic carbocycles. The minimum atomic E-state index is 0.825. The fourth-order valence-electron chi connectivity index (χ4n) is 0.966. The molecule has 0 aliphatic rings. The van der Waals surface area contributed by atoms with Gasteiger partial charge in [0.15, 0.2) is 5.65 Å². The summed E-state index contributed by atoms with van der Waals surface area (Å²) in [6.45, 7) is 1.97. The second-order valence-corrected chi connectivity index (χ2v) is 3.14. The maximum atomic E-state index is 4.21. The Bertz CT molecular complexity index is 393. The second kappa shape index (κ2) is 2.30. The van der Waals surface area contributed by atoms with Crippen molar-refractivity contribution >= 4 is 21.6 Å². The van der Waals surface area contributed by atoms with E-state index in [1.54, 1.807) is 10.7 Å². The highest BCUT2D eigenvalue weighted by Gasteiger charge is 1.98. The molecule has 0 amide bonds. The third kappa shape index (κ3) is 1.03. The van der Waals surface area contributed by atoms with Crippen molar-refractivity contribution in [3.63, 3.8) is 0 Å². The summed E-state index contributed by atoms with van der Waals surface area (Å²) in [7, 11) is 0. The van der Waals surface area contributed by atoms with Crippen LogP contribution in [0.2, 0.25) is 0 Å². The average Bonchev–Trinajstić information content (AvgIpc) is 2.33. The van der Waals surface area contributed by atoms with Gasteiger partial charge in [-0.1, -0.05) is 0 Å². The number of aryl methyl sites for hydroxylation is 1. The lowest BCUT2D eigenvalue weighted by Crippen LogP contribution is -1.92. The van der Waals surface area contributed by atoms with E-state index in [2.05, 4.69) is 26.0 Å². The Kier molecular flexibility index (Phi) is 1.42. The van der Waals surface area contributed by atoms with E-state index in [4.69, 9.17) is 0 Å². The summed E-state index contributed by atoms with van der Waals surface area (Å²) in [5.74, 6) is 0. The minimum Gasteiger partial charge on any atom is -0.235 e. The molecule has 2 heterocycles. The predicted octanol–water partition coefficient (Wildman–Crippen LogP) is 1.80. The van der Waals surface area contributed by atoms with Gasteiger partial charge in [0.1, 0.15) is 4.60 Å². The summed E-state index contributed by atoms with van der Waals surface area (Å²) >= 11 is 3.29. The Hall–Kier alpha value is -0.900. The van der Waals surface area contributed by atoms with Crippen molar-refractivity contribution in [2.24, 2.45) is 0 Å². The number of imidazole rings is 1. The van der Waals surface area contributed by atoms with Crippen LogP contribution in [0.25, 0.3) is 5.65 Å². The third-order valence-corrected chi connectivity index (χ3v) is 1.92. The lowest BCUT2D eigenvalue weighted by Gasteiger charge is -1.93. The van der Waals surface area contributed by atoms with Gasteiger partial charge < -0.3 is 0 Å². The van der Waals surface area contributed by atoms with Crippen LogP contribution in [-0.2, 0) is 0 Å². The zero-order chi connectivity index (χ0) is 7.84. The van der Waals surface area contributed by atoms with Crippen LogP contribution in [0, 0.1) is 6.92 Å². The summed E-state index contributed by atoms with van der Waals surface area (Å²) in [5.41, 5.74) is 1.92. The molecular weight excluding hydrogens is 206 g/mol. The van der Waals surface area contributed by atoms with Crippen LogP contribution in [0.1, 0.15) is 5.69 Å². The van der Waals surface area contributed by atoms with Gasteiger partial charge in [0.25, 0.3) is 0 Å². The molecular formula is C7H6BrN3. The van der Waals surface area contributed by atoms with Gasteiger partial charge in [-0.2, -0.15) is 5.10 Å². The third-order valence-electron chi connectivity index (χ3n) is 1.50. The molecule has 0 aliphatic heterocycles. The first kappa shape index (κ1) is 6.79. The van der Waals surface area contributed by atoms with E-state index in [0.717, 1.165) is 15.9 Å². The van der Waals surface area contributed by atoms with Gasteiger partial charge in [0.2, 0.25) is 0 Å². The van der Waals surface area contributed by atoms with E-state index in [9.17, 15) is 0 Å². The van der Waals surface area contributed by atoms with Crippen molar-refractivity contribution in [3.8, 4) is 0 Å². The number of fused-ring (bicyclic) bond motifs is 1. The van der Waals surface area contributed by atoms with Gasteiger partial charge in [-0.3, -0.25) is 0 Å². The topological polar surface area (TPSA) is 30.2 Å². The molecule has 0 saturated carbocycles. The van der Waals surface area contributed by atoms with Gasteiger partial charge in [-0.05, 0) is 35.0 Å². The van der Waals surface area contributed by atoms with Gasteiger partial charge in [-0.25, -0.2) is 9.50 Å². The first-order valence-corrected chi connectivity index (χ1v) is 4.03. The maximum Gasteiger partial charge on any atom is 0.153 e. The highest BCUT2D eigenvalue weighted by Crippen LogP contribution is 2.08. The Balaban J connectivity index is 2.87. The molecule has 0 unspecified atom stereocenters. The van der Waals surface area contributed by atoms with E-state index >= 15 is 0 Å². The number of hydrogen-bond donors (Lipinski definition) is 0. The number of aromatic nitrogens is 3. The minimum absolute atomic E-state index is 0.825. The molecule has 3 nitrogen and oxygen atoms in total. The van der Waals surface area contributed by atoms with Gasteiger partial charge in [0, 0.05) is 0 Å². The van der Waals surface area contributed by atoms with Crippen LogP contribution in [0.4, 0.5) is 0 Å². The van der Waals surface area contributed by atoms with Crippen LogP contribution in [0.3, 0.4) is 0 Å². The van der Waals surface area contributed by atoms with Crippen LogP contribution in [-0.4, -0.2) is 14.6 Å². The molecule has 2 rings (SSSR count). The summed E-state index contributed by atoms with van der Waals surface area (Å²) in [4.78, 5) is 4.14. The summed E-state index contributed by atoms with van der Waals surface area (Å²) in [5, 5.41) is 4.21. The van der Waals surface area contributed by atoms with Gasteiger partial charge in [0.05, 0.1) is 11.9 Å². The maximum absolute atomic E-state index is 4.21. The molecule has 0 fully saturated rings. The van der Waals surface area contributed by atoms with E-state index in [0.29, 0.717) is 0 Å². The van der Waals surface area contributed by atoms with Crippen molar-refractivity contribution in [2.75, 3.05) is 0 Å². The van der Waals surface area contributed by atoms with E-state index in [1.165, 1.54) is 0 Å². The first-order valence-electron chi connectivity index (χ1n) is 3.24. The fraction of sp³-hybridized carbons (Fsp3) is 0.143. The normalized spacial score (nSPS) is 10.7. The molecule has 4 heteroatoms. The summed E-state index contributed by atoms with van der Waals surface area (Å²) in [6.07, 6.45) is 1.80. The average molecular weight is 212 g/mol. The number of halogens is 1. The first-order chi connectivity index (χ1) is 5.27. The molecule has 0 saturated heterocycles. The van der Waals surface area contributed by atoms with Crippen LogP contribution in [0.5, 0.6) is 0 Å². The van der Waals surface area contributed by atoms with Crippen molar-refractivity contribution < 1.29 is 0 Å². The van der Waals surface area contributed by atoms with Crippen LogP contribution in [0.15, 0.2) is 22.9 Å². The molecule has 0 N–H and O–H groups in total. The summed E-state index contributed by atoms with van der Waals surface area (Å²) < 4.78 is 2.62. The molecule has 2 aromatic heterocycles. The van der Waals surface area contributed by atoms with Crippen molar-refractivity contribution in [1.29, 1.82) is 0 Å². The predicted molar refractivity (Wildman–Crippen MR) is 45.4 cm³/mol. The van der Waals surface area contributed by atoms with Gasteiger partial charge >= 0.3 is 0 Å². The SMILES string of the molecule is Cc1cnc2ccc(Br)nn12. The number of rotatable bonds is 0. The second-order valence-electron chi connectivity index (χ2n) is 2.33. The molecule has 0 spiro atoms. The molecule has 0 bridgehead atoms. The van der Waals surface area contributed by atoms with E-state index in [-0.39, 0.29) is 0 Å². The Morgan fingerprint density at radius 2 is 2.27 bits per heavy atom. The van der Waals surface area contributed by atoms with Crippen molar-refractivity contribution in [2.45, 2.75) is 6.92 Å². The zero-order valence-corrected chi connectivity index (χ0v) is 7.54. The lowest BCUT2D eigenvalue weighted by atomic mass is 10.5. The quantitative estimate of drug-likeness (QED) is 0.666. The van der Waals surface area contributed by atoms with E-state index < -0.39 is 0 Å². The largest absolute Gasteiger partial charge is 0.235 e. The molecule has 56 valence electrons. The highest BCUT2D eigenvalue weighted by molar-refractivity contribution is 9.10. The molecule has 0 aliphatic carbocycles. The van der Waals surface area contributed by atoms with E-state index in [1.807, 2.05) is 19.1 Å². The van der Waals surface area contributed by atoms with Crippen LogP contribution < -0.4 is 0 Å². The fourth-order valence-corrected chi connectivity index (χ4v) is 1.26. The molecule has 0 radical (unpaired) electrons. The number of nitrogens with zero attached hydrogens (tertiary/aromatic N) is 3. The summed E-state index contributed by atoms with van der Waals surface area (Å²) in [6, 6.07) is 3.80. The number of hydrogen-bond acceptors (Lipinski definition) is 2. The molecule has 0 atom stereocenters. The Labute approximate surface area is 72.2 Å². The highest BCUT2D eigenvalue weighted by atomic mass is 79.9. The standard InChI is InChI=1S/C7H6BrN3/c1-5-4-9-7-3-2-6(8)10-11(5)7/h2-4H,1H3. The van der Waals surface area contributed by atoms with Gasteiger partial charge in [-0.15, -0.1) is 0 Å². The molecule has 11 heavy (non-hydrogen) atoms. The van der Waals surface area contributed by atoms with Crippen molar-refractivity contribution in [3.05, 3.63) is 28.6 Å². The Morgan fingerprint density at radius 3 is 3.09 bits per heavy atom. The smallest absolute Gasteiger partial charge is 0.153 e. The van der Waals surface area contributed by atoms with Crippen LogP contribution >= 0.6 is 15.9 Å².